The molecule has 2 aromatic rings. The van der Waals surface area contributed by atoms with Crippen LogP contribution in [0.25, 0.3) is 11.0 Å². The average molecular weight is 289 g/mol. The van der Waals surface area contributed by atoms with Gasteiger partial charge in [-0.3, -0.25) is 9.36 Å². The van der Waals surface area contributed by atoms with Crippen LogP contribution in [0.4, 0.5) is 5.95 Å². The maximum atomic E-state index is 11.9. The number of fused-ring (bicyclic) bond motifs is 1. The van der Waals surface area contributed by atoms with Crippen molar-refractivity contribution in [1.29, 1.82) is 0 Å². The van der Waals surface area contributed by atoms with Crippen molar-refractivity contribution < 1.29 is 9.53 Å². The molecule has 0 aliphatic carbocycles. The molecule has 0 radical (unpaired) electrons. The van der Waals surface area contributed by atoms with Crippen molar-refractivity contribution in [3.8, 4) is 0 Å². The molecule has 1 aromatic heterocycles. The van der Waals surface area contributed by atoms with Crippen molar-refractivity contribution in [3.63, 3.8) is 0 Å². The molecule has 0 atom stereocenters. The van der Waals surface area contributed by atoms with Gasteiger partial charge in [0, 0.05) is 0 Å². The number of ether oxygens (including phenoxy) is 1. The molecule has 0 saturated heterocycles. The largest absolute Gasteiger partial charge is 0.464 e. The molecule has 5 heteroatoms. The van der Waals surface area contributed by atoms with E-state index < -0.39 is 0 Å². The number of carbonyl (C=O) groups is 1. The molecule has 5 nitrogen and oxygen atoms in total. The SMILES string of the molecule is Cc1cc2nc(N)n(CC(=O)OCCC(C)C)c2cc1C. The van der Waals surface area contributed by atoms with Gasteiger partial charge in [-0.15, -0.1) is 0 Å². The Balaban J connectivity index is 2.16. The number of carbonyl (C=O) groups excluding carboxylic acids is 1. The molecule has 0 unspecified atom stereocenters. The minimum absolute atomic E-state index is 0.100. The zero-order valence-corrected chi connectivity index (χ0v) is 13.1. The zero-order chi connectivity index (χ0) is 15.6. The number of nitrogens with two attached hydrogens (primary N) is 1. The number of benzene rings is 1. The Hall–Kier alpha value is -2.04. The quantitative estimate of drug-likeness (QED) is 0.859. The monoisotopic (exact) mass is 289 g/mol. The molecule has 0 aliphatic rings. The number of hydrogen-bond donors (Lipinski definition) is 1. The first-order valence-electron chi connectivity index (χ1n) is 7.27. The van der Waals surface area contributed by atoms with Crippen molar-refractivity contribution in [3.05, 3.63) is 23.3 Å². The van der Waals surface area contributed by atoms with Crippen molar-refractivity contribution in [1.82, 2.24) is 9.55 Å². The average Bonchev–Trinajstić information content (AvgIpc) is 2.66. The van der Waals surface area contributed by atoms with Gasteiger partial charge in [0.25, 0.3) is 0 Å². The van der Waals surface area contributed by atoms with Gasteiger partial charge in [0.2, 0.25) is 5.95 Å². The highest BCUT2D eigenvalue weighted by atomic mass is 16.5. The molecule has 0 aliphatic heterocycles. The molecule has 0 bridgehead atoms. The lowest BCUT2D eigenvalue weighted by Crippen LogP contribution is -2.16. The number of aryl methyl sites for hydroxylation is 2. The Morgan fingerprint density at radius 2 is 2.00 bits per heavy atom. The predicted molar refractivity (Wildman–Crippen MR) is 84.0 cm³/mol. The van der Waals surface area contributed by atoms with Gasteiger partial charge in [-0.25, -0.2) is 4.98 Å². The number of rotatable bonds is 5. The van der Waals surface area contributed by atoms with Gasteiger partial charge >= 0.3 is 5.97 Å². The topological polar surface area (TPSA) is 70.1 Å². The first-order valence-corrected chi connectivity index (χ1v) is 7.27. The third-order valence-corrected chi connectivity index (χ3v) is 3.64. The standard InChI is InChI=1S/C16H23N3O2/c1-10(2)5-6-21-15(20)9-19-14-8-12(4)11(3)7-13(14)18-16(19)17/h7-8,10H,5-6,9H2,1-4H3,(H2,17,18). The van der Waals surface area contributed by atoms with Crippen molar-refractivity contribution in [2.24, 2.45) is 5.92 Å². The van der Waals surface area contributed by atoms with Crippen molar-refractivity contribution >= 4 is 23.0 Å². The van der Waals surface area contributed by atoms with E-state index in [1.54, 1.807) is 4.57 Å². The lowest BCUT2D eigenvalue weighted by Gasteiger charge is -2.09. The van der Waals surface area contributed by atoms with Crippen LogP contribution in [0.5, 0.6) is 0 Å². The van der Waals surface area contributed by atoms with E-state index >= 15 is 0 Å². The molecule has 2 rings (SSSR count). The van der Waals surface area contributed by atoms with Crippen LogP contribution in [0.15, 0.2) is 12.1 Å². The predicted octanol–water partition coefficient (Wildman–Crippen LogP) is 2.82. The van der Waals surface area contributed by atoms with E-state index in [4.69, 9.17) is 10.5 Å². The molecule has 1 heterocycles. The number of esters is 1. The van der Waals surface area contributed by atoms with Gasteiger partial charge in [0.15, 0.2) is 0 Å². The summed E-state index contributed by atoms with van der Waals surface area (Å²) in [6.45, 7) is 8.80. The molecule has 2 N–H and O–H groups in total. The van der Waals surface area contributed by atoms with Gasteiger partial charge in [0.05, 0.1) is 17.6 Å². The highest BCUT2D eigenvalue weighted by Gasteiger charge is 2.13. The second-order valence-electron chi connectivity index (χ2n) is 5.88. The zero-order valence-electron chi connectivity index (χ0n) is 13.1. The lowest BCUT2D eigenvalue weighted by atomic mass is 10.1. The second-order valence-corrected chi connectivity index (χ2v) is 5.88. The third kappa shape index (κ3) is 3.54. The molecule has 0 spiro atoms. The van der Waals surface area contributed by atoms with Crippen LogP contribution in [0.1, 0.15) is 31.4 Å². The highest BCUT2D eigenvalue weighted by molar-refractivity contribution is 5.82. The fourth-order valence-electron chi connectivity index (χ4n) is 2.15. The van der Waals surface area contributed by atoms with Gasteiger partial charge in [-0.1, -0.05) is 13.8 Å². The van der Waals surface area contributed by atoms with Gasteiger partial charge < -0.3 is 10.5 Å². The van der Waals surface area contributed by atoms with Gasteiger partial charge in [0.1, 0.15) is 6.54 Å². The minimum Gasteiger partial charge on any atom is -0.464 e. The number of hydrogen-bond acceptors (Lipinski definition) is 4. The Bertz CT molecular complexity index is 659. The molecule has 114 valence electrons. The summed E-state index contributed by atoms with van der Waals surface area (Å²) in [6.07, 6.45) is 0.865. The summed E-state index contributed by atoms with van der Waals surface area (Å²) in [5.74, 6) is 0.582. The van der Waals surface area contributed by atoms with E-state index in [0.29, 0.717) is 18.5 Å². The van der Waals surface area contributed by atoms with E-state index in [1.165, 1.54) is 0 Å². The lowest BCUT2D eigenvalue weighted by molar-refractivity contribution is -0.144. The Kier molecular flexibility index (Phi) is 4.50. The summed E-state index contributed by atoms with van der Waals surface area (Å²) in [7, 11) is 0. The first kappa shape index (κ1) is 15.4. The third-order valence-electron chi connectivity index (χ3n) is 3.64. The minimum atomic E-state index is -0.278. The second kappa shape index (κ2) is 6.16. The highest BCUT2D eigenvalue weighted by Crippen LogP contribution is 2.22. The van der Waals surface area contributed by atoms with Gasteiger partial charge in [-0.05, 0) is 49.4 Å². The van der Waals surface area contributed by atoms with Crippen LogP contribution >= 0.6 is 0 Å². The number of nitrogen functional groups attached to an aromatic ring is 1. The normalized spacial score (nSPS) is 11.3. The first-order chi connectivity index (χ1) is 9.88. The maximum absolute atomic E-state index is 11.9. The Morgan fingerprint density at radius 3 is 2.67 bits per heavy atom. The van der Waals surface area contributed by atoms with Crippen molar-refractivity contribution in [2.45, 2.75) is 40.7 Å². The smallest absolute Gasteiger partial charge is 0.326 e. The van der Waals surface area contributed by atoms with Crippen LogP contribution in [-0.2, 0) is 16.1 Å². The molecule has 21 heavy (non-hydrogen) atoms. The fourth-order valence-corrected chi connectivity index (χ4v) is 2.15. The molecule has 0 amide bonds. The summed E-state index contributed by atoms with van der Waals surface area (Å²) in [6, 6.07) is 4.00. The van der Waals surface area contributed by atoms with Crippen LogP contribution in [0.3, 0.4) is 0 Å². The summed E-state index contributed by atoms with van der Waals surface area (Å²) in [4.78, 5) is 16.2. The maximum Gasteiger partial charge on any atom is 0.326 e. The van der Waals surface area contributed by atoms with Crippen LogP contribution in [0, 0.1) is 19.8 Å². The fraction of sp³-hybridized carbons (Fsp3) is 0.500. The van der Waals surface area contributed by atoms with E-state index in [2.05, 4.69) is 18.8 Å². The van der Waals surface area contributed by atoms with Gasteiger partial charge in [-0.2, -0.15) is 0 Å². The van der Waals surface area contributed by atoms with Crippen LogP contribution in [0.2, 0.25) is 0 Å². The number of anilines is 1. The Labute approximate surface area is 125 Å². The molecular weight excluding hydrogens is 266 g/mol. The van der Waals surface area contributed by atoms with Crippen LogP contribution < -0.4 is 5.73 Å². The van der Waals surface area contributed by atoms with E-state index in [9.17, 15) is 4.79 Å². The molecule has 0 fully saturated rings. The van der Waals surface area contributed by atoms with E-state index in [0.717, 1.165) is 28.6 Å². The summed E-state index contributed by atoms with van der Waals surface area (Å²) < 4.78 is 6.95. The van der Waals surface area contributed by atoms with Crippen molar-refractivity contribution in [2.75, 3.05) is 12.3 Å². The summed E-state index contributed by atoms with van der Waals surface area (Å²) in [5, 5.41) is 0. The molecule has 0 saturated carbocycles. The number of aromatic nitrogens is 2. The van der Waals surface area contributed by atoms with E-state index in [1.807, 2.05) is 26.0 Å². The summed E-state index contributed by atoms with van der Waals surface area (Å²) in [5.41, 5.74) is 9.91. The number of nitrogens with zero attached hydrogens (tertiary/aromatic N) is 2. The Morgan fingerprint density at radius 1 is 1.33 bits per heavy atom. The van der Waals surface area contributed by atoms with Crippen LogP contribution in [-0.4, -0.2) is 22.1 Å². The molecule has 1 aromatic carbocycles. The van der Waals surface area contributed by atoms with E-state index in [-0.39, 0.29) is 12.5 Å². The molecular formula is C16H23N3O2. The number of imidazole rings is 1. The summed E-state index contributed by atoms with van der Waals surface area (Å²) >= 11 is 0.